The van der Waals surface area contributed by atoms with Crippen LogP contribution in [-0.4, -0.2) is 7.11 Å². The molecular weight excluding hydrogens is 323 g/mol. The van der Waals surface area contributed by atoms with E-state index in [9.17, 15) is 4.39 Å². The number of halogens is 2. The molecule has 0 heterocycles. The zero-order valence-electron chi connectivity index (χ0n) is 13.0. The van der Waals surface area contributed by atoms with E-state index in [0.717, 1.165) is 27.1 Å². The van der Waals surface area contributed by atoms with E-state index < -0.39 is 5.82 Å². The van der Waals surface area contributed by atoms with Gasteiger partial charge in [0, 0.05) is 16.5 Å². The van der Waals surface area contributed by atoms with Crippen molar-refractivity contribution in [2.45, 2.75) is 0 Å². The molecule has 0 fully saturated rings. The van der Waals surface area contributed by atoms with Crippen LogP contribution in [0.15, 0.2) is 66.7 Å². The predicted molar refractivity (Wildman–Crippen MR) is 98.4 cm³/mol. The average molecular weight is 337 g/mol. The molecule has 24 heavy (non-hydrogen) atoms. The molecule has 4 rings (SSSR count). The second kappa shape index (κ2) is 5.81. The Morgan fingerprint density at radius 1 is 0.750 bits per heavy atom. The van der Waals surface area contributed by atoms with Gasteiger partial charge in [-0.05, 0) is 22.2 Å². The van der Waals surface area contributed by atoms with E-state index in [1.807, 2.05) is 42.5 Å². The van der Waals surface area contributed by atoms with E-state index >= 15 is 0 Å². The molecular formula is C21H14ClFO. The van der Waals surface area contributed by atoms with Crippen LogP contribution in [0.25, 0.3) is 32.7 Å². The first-order valence-electron chi connectivity index (χ1n) is 7.64. The van der Waals surface area contributed by atoms with Gasteiger partial charge in [-0.1, -0.05) is 72.3 Å². The maximum Gasteiger partial charge on any atom is 0.149 e. The summed E-state index contributed by atoms with van der Waals surface area (Å²) in [6, 6.07) is 21.0. The van der Waals surface area contributed by atoms with E-state index in [1.165, 1.54) is 0 Å². The highest BCUT2D eigenvalue weighted by Crippen LogP contribution is 2.45. The molecule has 0 saturated carbocycles. The van der Waals surface area contributed by atoms with Crippen molar-refractivity contribution >= 4 is 33.1 Å². The summed E-state index contributed by atoms with van der Waals surface area (Å²) in [4.78, 5) is 0. The molecule has 0 radical (unpaired) electrons. The molecule has 0 N–H and O–H groups in total. The molecule has 0 unspecified atom stereocenters. The fourth-order valence-electron chi connectivity index (χ4n) is 3.29. The fourth-order valence-corrected chi connectivity index (χ4v) is 3.46. The monoisotopic (exact) mass is 336 g/mol. The summed E-state index contributed by atoms with van der Waals surface area (Å²) in [6.07, 6.45) is 0. The SMILES string of the molecule is COc1c(-c2cccc(Cl)c2F)c2ccccc2c2ccccc12. The quantitative estimate of drug-likeness (QED) is 0.382. The minimum absolute atomic E-state index is 0.104. The van der Waals surface area contributed by atoms with E-state index in [2.05, 4.69) is 6.07 Å². The molecule has 0 bridgehead atoms. The third-order valence-corrected chi connectivity index (χ3v) is 4.60. The molecule has 0 aliphatic carbocycles. The molecule has 1 nitrogen and oxygen atoms in total. The number of fused-ring (bicyclic) bond motifs is 3. The van der Waals surface area contributed by atoms with Gasteiger partial charge in [0.2, 0.25) is 0 Å². The zero-order valence-corrected chi connectivity index (χ0v) is 13.8. The Morgan fingerprint density at radius 2 is 1.33 bits per heavy atom. The highest BCUT2D eigenvalue weighted by molar-refractivity contribution is 6.31. The largest absolute Gasteiger partial charge is 0.495 e. The molecule has 118 valence electrons. The maximum absolute atomic E-state index is 14.7. The van der Waals surface area contributed by atoms with Crippen LogP contribution in [0.4, 0.5) is 4.39 Å². The van der Waals surface area contributed by atoms with Crippen LogP contribution in [0.5, 0.6) is 5.75 Å². The lowest BCUT2D eigenvalue weighted by Crippen LogP contribution is -1.95. The third kappa shape index (κ3) is 2.15. The average Bonchev–Trinajstić information content (AvgIpc) is 2.63. The molecule has 3 heteroatoms. The van der Waals surface area contributed by atoms with Crippen LogP contribution in [0.1, 0.15) is 0 Å². The molecule has 4 aromatic carbocycles. The van der Waals surface area contributed by atoms with E-state index in [-0.39, 0.29) is 5.02 Å². The fraction of sp³-hybridized carbons (Fsp3) is 0.0476. The summed E-state index contributed by atoms with van der Waals surface area (Å²) in [5.74, 6) is 0.225. The Hall–Kier alpha value is -2.58. The third-order valence-electron chi connectivity index (χ3n) is 4.31. The molecule has 0 saturated heterocycles. The summed E-state index contributed by atoms with van der Waals surface area (Å²) < 4.78 is 20.5. The summed E-state index contributed by atoms with van der Waals surface area (Å²) in [5, 5.41) is 4.13. The Bertz CT molecular complexity index is 1070. The number of benzene rings is 4. The van der Waals surface area contributed by atoms with Gasteiger partial charge in [0.1, 0.15) is 11.6 Å². The van der Waals surface area contributed by atoms with Crippen LogP contribution < -0.4 is 4.74 Å². The Morgan fingerprint density at radius 3 is 2.00 bits per heavy atom. The van der Waals surface area contributed by atoms with Gasteiger partial charge in [-0.3, -0.25) is 0 Å². The molecule has 0 aliphatic heterocycles. The van der Waals surface area contributed by atoms with Crippen molar-refractivity contribution in [1.82, 2.24) is 0 Å². The van der Waals surface area contributed by atoms with Gasteiger partial charge in [-0.2, -0.15) is 0 Å². The van der Waals surface area contributed by atoms with Crippen LogP contribution in [0.2, 0.25) is 5.02 Å². The van der Waals surface area contributed by atoms with Crippen molar-refractivity contribution in [3.05, 3.63) is 77.6 Å². The van der Waals surface area contributed by atoms with Gasteiger partial charge in [-0.15, -0.1) is 0 Å². The van der Waals surface area contributed by atoms with Crippen LogP contribution >= 0.6 is 11.6 Å². The predicted octanol–water partition coefficient (Wildman–Crippen LogP) is 6.46. The smallest absolute Gasteiger partial charge is 0.149 e. The first kappa shape index (κ1) is 15.0. The van der Waals surface area contributed by atoms with Crippen molar-refractivity contribution in [1.29, 1.82) is 0 Å². The van der Waals surface area contributed by atoms with Crippen molar-refractivity contribution in [3.8, 4) is 16.9 Å². The summed E-state index contributed by atoms with van der Waals surface area (Å²) in [6.45, 7) is 0. The number of hydrogen-bond acceptors (Lipinski definition) is 1. The van der Waals surface area contributed by atoms with Crippen LogP contribution in [0, 0.1) is 5.82 Å². The highest BCUT2D eigenvalue weighted by Gasteiger charge is 2.19. The van der Waals surface area contributed by atoms with Gasteiger partial charge in [0.05, 0.1) is 12.1 Å². The number of hydrogen-bond donors (Lipinski definition) is 0. The van der Waals surface area contributed by atoms with E-state index in [1.54, 1.807) is 25.3 Å². The Labute approximate surface area is 144 Å². The Balaban J connectivity index is 2.27. The second-order valence-electron chi connectivity index (χ2n) is 5.60. The summed E-state index contributed by atoms with van der Waals surface area (Å²) >= 11 is 6.01. The second-order valence-corrected chi connectivity index (χ2v) is 6.01. The topological polar surface area (TPSA) is 9.23 Å². The van der Waals surface area contributed by atoms with Gasteiger partial charge < -0.3 is 4.74 Å². The summed E-state index contributed by atoms with van der Waals surface area (Å²) in [7, 11) is 1.61. The molecule has 0 spiro atoms. The normalized spacial score (nSPS) is 11.1. The van der Waals surface area contributed by atoms with E-state index in [4.69, 9.17) is 16.3 Å². The molecule has 4 aromatic rings. The van der Waals surface area contributed by atoms with Gasteiger partial charge >= 0.3 is 0 Å². The summed E-state index contributed by atoms with van der Waals surface area (Å²) in [5.41, 5.74) is 1.17. The first-order chi connectivity index (χ1) is 11.7. The van der Waals surface area contributed by atoms with Gasteiger partial charge in [0.25, 0.3) is 0 Å². The lowest BCUT2D eigenvalue weighted by atomic mass is 9.92. The number of rotatable bonds is 2. The molecule has 0 atom stereocenters. The molecule has 0 aromatic heterocycles. The van der Waals surface area contributed by atoms with E-state index in [0.29, 0.717) is 11.3 Å². The zero-order chi connectivity index (χ0) is 16.7. The van der Waals surface area contributed by atoms with Gasteiger partial charge in [-0.25, -0.2) is 4.39 Å². The maximum atomic E-state index is 14.7. The standard InChI is InChI=1S/C21H14ClFO/c1-24-21-16-10-5-3-8-14(16)13-7-2-4-9-15(13)19(21)17-11-6-12-18(22)20(17)23/h2-12H,1H3. The Kier molecular flexibility index (Phi) is 3.62. The highest BCUT2D eigenvalue weighted by atomic mass is 35.5. The minimum atomic E-state index is -0.432. The van der Waals surface area contributed by atoms with Crippen molar-refractivity contribution in [3.63, 3.8) is 0 Å². The molecule has 0 amide bonds. The minimum Gasteiger partial charge on any atom is -0.495 e. The lowest BCUT2D eigenvalue weighted by molar-refractivity contribution is 0.421. The lowest BCUT2D eigenvalue weighted by Gasteiger charge is -2.17. The van der Waals surface area contributed by atoms with Crippen LogP contribution in [0.3, 0.4) is 0 Å². The van der Waals surface area contributed by atoms with Crippen LogP contribution in [-0.2, 0) is 0 Å². The number of methoxy groups -OCH3 is 1. The van der Waals surface area contributed by atoms with Crippen molar-refractivity contribution in [2.75, 3.05) is 7.11 Å². The van der Waals surface area contributed by atoms with Crippen molar-refractivity contribution < 1.29 is 9.13 Å². The molecule has 0 aliphatic rings. The first-order valence-corrected chi connectivity index (χ1v) is 8.02. The van der Waals surface area contributed by atoms with Crippen molar-refractivity contribution in [2.24, 2.45) is 0 Å². The van der Waals surface area contributed by atoms with Gasteiger partial charge in [0.15, 0.2) is 0 Å². The number of ether oxygens (including phenoxy) is 1.